The molecular formula is C20H21FN4O3. The molecule has 0 aliphatic carbocycles. The van der Waals surface area contributed by atoms with Gasteiger partial charge in [-0.15, -0.1) is 0 Å². The Labute approximate surface area is 161 Å². The molecule has 2 atom stereocenters. The quantitative estimate of drug-likeness (QED) is 0.675. The van der Waals surface area contributed by atoms with E-state index < -0.39 is 5.82 Å². The van der Waals surface area contributed by atoms with Crippen molar-refractivity contribution < 1.29 is 18.4 Å². The van der Waals surface area contributed by atoms with Crippen LogP contribution in [0.3, 0.4) is 0 Å². The molecule has 1 fully saturated rings. The SMILES string of the molecule is CC1CN(c2c(C=O)cc3c(NCc4cccnc4)noc3c2F)CC(C)O1. The molecule has 7 nitrogen and oxygen atoms in total. The standard InChI is InChI=1S/C20H21FN4O3/c1-12-9-25(10-13(2)27-12)18-15(11-26)6-16-19(17(18)21)28-24-20(16)23-8-14-4-3-5-22-7-14/h3-7,11-13H,8-10H2,1-2H3,(H,23,24). The average Bonchev–Trinajstić information content (AvgIpc) is 3.09. The van der Waals surface area contributed by atoms with Gasteiger partial charge in [-0.1, -0.05) is 11.2 Å². The third-order valence-electron chi connectivity index (χ3n) is 4.75. The van der Waals surface area contributed by atoms with E-state index in [4.69, 9.17) is 9.26 Å². The zero-order valence-electron chi connectivity index (χ0n) is 15.7. The Kier molecular flexibility index (Phi) is 4.95. The molecule has 3 aromatic rings. The second-order valence-electron chi connectivity index (χ2n) is 7.03. The van der Waals surface area contributed by atoms with Gasteiger partial charge in [0, 0.05) is 37.6 Å². The van der Waals surface area contributed by atoms with Crippen LogP contribution in [0.25, 0.3) is 11.0 Å². The van der Waals surface area contributed by atoms with Crippen molar-refractivity contribution in [1.29, 1.82) is 0 Å². The maximum atomic E-state index is 15.3. The minimum atomic E-state index is -0.581. The van der Waals surface area contributed by atoms with Crippen LogP contribution < -0.4 is 10.2 Å². The van der Waals surface area contributed by atoms with Gasteiger partial charge in [-0.25, -0.2) is 4.39 Å². The van der Waals surface area contributed by atoms with Crippen molar-refractivity contribution in [2.45, 2.75) is 32.6 Å². The van der Waals surface area contributed by atoms with E-state index >= 15 is 4.39 Å². The zero-order valence-corrected chi connectivity index (χ0v) is 15.7. The number of aldehydes is 1. The molecule has 1 N–H and O–H groups in total. The van der Waals surface area contributed by atoms with Gasteiger partial charge in [0.05, 0.1) is 23.3 Å². The van der Waals surface area contributed by atoms with E-state index in [-0.39, 0.29) is 29.0 Å². The van der Waals surface area contributed by atoms with E-state index in [2.05, 4.69) is 15.5 Å². The first-order chi connectivity index (χ1) is 13.6. The first-order valence-electron chi connectivity index (χ1n) is 9.17. The smallest absolute Gasteiger partial charge is 0.206 e. The summed E-state index contributed by atoms with van der Waals surface area (Å²) in [7, 11) is 0. The van der Waals surface area contributed by atoms with Crippen LogP contribution in [0.2, 0.25) is 0 Å². The largest absolute Gasteiger partial charge is 0.372 e. The van der Waals surface area contributed by atoms with Crippen LogP contribution in [-0.4, -0.2) is 41.7 Å². The van der Waals surface area contributed by atoms with E-state index in [1.165, 1.54) is 0 Å². The second-order valence-corrected chi connectivity index (χ2v) is 7.03. The number of benzene rings is 1. The molecule has 1 aliphatic heterocycles. The Bertz CT molecular complexity index is 982. The normalized spacial score (nSPS) is 19.8. The maximum absolute atomic E-state index is 15.3. The fourth-order valence-corrected chi connectivity index (χ4v) is 3.64. The molecule has 0 spiro atoms. The molecule has 0 saturated carbocycles. The minimum Gasteiger partial charge on any atom is -0.372 e. The predicted molar refractivity (Wildman–Crippen MR) is 103 cm³/mol. The Morgan fingerprint density at radius 3 is 2.82 bits per heavy atom. The Morgan fingerprint density at radius 2 is 2.14 bits per heavy atom. The number of rotatable bonds is 5. The lowest BCUT2D eigenvalue weighted by Crippen LogP contribution is -2.46. The Morgan fingerprint density at radius 1 is 1.36 bits per heavy atom. The topological polar surface area (TPSA) is 80.5 Å². The summed E-state index contributed by atoms with van der Waals surface area (Å²) in [5.74, 6) is -0.195. The van der Waals surface area contributed by atoms with Crippen molar-refractivity contribution in [3.63, 3.8) is 0 Å². The van der Waals surface area contributed by atoms with E-state index in [1.807, 2.05) is 30.9 Å². The van der Waals surface area contributed by atoms with E-state index in [9.17, 15) is 4.79 Å². The molecule has 0 bridgehead atoms. The molecule has 1 saturated heterocycles. The number of hydrogen-bond acceptors (Lipinski definition) is 7. The Hall–Kier alpha value is -3.00. The third-order valence-corrected chi connectivity index (χ3v) is 4.75. The summed E-state index contributed by atoms with van der Waals surface area (Å²) < 4.78 is 26.3. The number of carbonyl (C=O) groups is 1. The number of fused-ring (bicyclic) bond motifs is 1. The van der Waals surface area contributed by atoms with E-state index in [0.717, 1.165) is 5.56 Å². The van der Waals surface area contributed by atoms with Crippen molar-refractivity contribution in [1.82, 2.24) is 10.1 Å². The van der Waals surface area contributed by atoms with Gasteiger partial charge in [-0.05, 0) is 31.5 Å². The molecule has 0 radical (unpaired) electrons. The summed E-state index contributed by atoms with van der Waals surface area (Å²) in [6.45, 7) is 5.29. The number of carbonyl (C=O) groups excluding carboxylic acids is 1. The number of nitrogens with one attached hydrogen (secondary N) is 1. The van der Waals surface area contributed by atoms with Crippen LogP contribution in [-0.2, 0) is 11.3 Å². The van der Waals surface area contributed by atoms with Crippen molar-refractivity contribution >= 4 is 28.8 Å². The summed E-state index contributed by atoms with van der Waals surface area (Å²) in [5, 5.41) is 7.50. The number of nitrogens with zero attached hydrogens (tertiary/aromatic N) is 3. The number of ether oxygens (including phenoxy) is 1. The van der Waals surface area contributed by atoms with Gasteiger partial charge in [-0.2, -0.15) is 0 Å². The van der Waals surface area contributed by atoms with Crippen LogP contribution >= 0.6 is 0 Å². The first kappa shape index (κ1) is 18.4. The maximum Gasteiger partial charge on any atom is 0.206 e. The summed E-state index contributed by atoms with van der Waals surface area (Å²) in [4.78, 5) is 17.6. The van der Waals surface area contributed by atoms with E-state index in [0.29, 0.717) is 37.1 Å². The van der Waals surface area contributed by atoms with Crippen LogP contribution in [0, 0.1) is 5.82 Å². The number of morpholine rings is 1. The molecule has 0 amide bonds. The lowest BCUT2D eigenvalue weighted by molar-refractivity contribution is -0.00543. The lowest BCUT2D eigenvalue weighted by atomic mass is 10.1. The van der Waals surface area contributed by atoms with Crippen LogP contribution in [0.1, 0.15) is 29.8 Å². The highest BCUT2D eigenvalue weighted by Crippen LogP contribution is 2.35. The molecule has 8 heteroatoms. The number of hydrogen-bond donors (Lipinski definition) is 1. The predicted octanol–water partition coefficient (Wildman–Crippen LogP) is 3.40. The fraction of sp³-hybridized carbons (Fsp3) is 0.350. The van der Waals surface area contributed by atoms with Crippen LogP contribution in [0.15, 0.2) is 35.1 Å². The molecular weight excluding hydrogens is 363 g/mol. The lowest BCUT2D eigenvalue weighted by Gasteiger charge is -2.37. The van der Waals surface area contributed by atoms with E-state index in [1.54, 1.807) is 18.5 Å². The monoisotopic (exact) mass is 384 g/mol. The van der Waals surface area contributed by atoms with Gasteiger partial charge in [0.2, 0.25) is 5.58 Å². The molecule has 2 aromatic heterocycles. The molecule has 1 aromatic carbocycles. The first-order valence-corrected chi connectivity index (χ1v) is 9.17. The number of aromatic nitrogens is 2. The van der Waals surface area contributed by atoms with Crippen molar-refractivity contribution in [3.8, 4) is 0 Å². The highest BCUT2D eigenvalue weighted by atomic mass is 19.1. The molecule has 4 rings (SSSR count). The van der Waals surface area contributed by atoms with Gasteiger partial charge >= 0.3 is 0 Å². The van der Waals surface area contributed by atoms with Crippen molar-refractivity contribution in [3.05, 3.63) is 47.5 Å². The highest BCUT2D eigenvalue weighted by molar-refractivity contribution is 5.98. The number of anilines is 2. The van der Waals surface area contributed by atoms with Crippen molar-refractivity contribution in [2.75, 3.05) is 23.3 Å². The summed E-state index contributed by atoms with van der Waals surface area (Å²) >= 11 is 0. The van der Waals surface area contributed by atoms with Gasteiger partial charge in [0.1, 0.15) is 0 Å². The van der Waals surface area contributed by atoms with Crippen LogP contribution in [0.4, 0.5) is 15.9 Å². The van der Waals surface area contributed by atoms with Gasteiger partial charge in [-0.3, -0.25) is 9.78 Å². The summed E-state index contributed by atoms with van der Waals surface area (Å²) in [6.07, 6.45) is 3.96. The van der Waals surface area contributed by atoms with Crippen molar-refractivity contribution in [2.24, 2.45) is 0 Å². The molecule has 146 valence electrons. The van der Waals surface area contributed by atoms with Gasteiger partial charge < -0.3 is 19.5 Å². The number of pyridine rings is 1. The van der Waals surface area contributed by atoms with Gasteiger partial charge in [0.15, 0.2) is 17.9 Å². The minimum absolute atomic E-state index is 0.0288. The fourth-order valence-electron chi connectivity index (χ4n) is 3.64. The van der Waals surface area contributed by atoms with Crippen LogP contribution in [0.5, 0.6) is 0 Å². The summed E-state index contributed by atoms with van der Waals surface area (Å²) in [5.41, 5.74) is 1.47. The Balaban J connectivity index is 1.69. The zero-order chi connectivity index (χ0) is 19.7. The average molecular weight is 384 g/mol. The van der Waals surface area contributed by atoms with Gasteiger partial charge in [0.25, 0.3) is 0 Å². The summed E-state index contributed by atoms with van der Waals surface area (Å²) in [6, 6.07) is 5.37. The second kappa shape index (κ2) is 7.55. The molecule has 3 heterocycles. The third kappa shape index (κ3) is 3.43. The number of halogens is 1. The molecule has 28 heavy (non-hydrogen) atoms. The molecule has 1 aliphatic rings. The molecule has 2 unspecified atom stereocenters. The highest BCUT2D eigenvalue weighted by Gasteiger charge is 2.29.